The molecule has 1 saturated heterocycles. The molecule has 3 rings (SSSR count). The van der Waals surface area contributed by atoms with E-state index in [1.165, 1.54) is 28.8 Å². The number of likely N-dealkylation sites (tertiary alicyclic amines) is 1. The standard InChI is InChI=1S/C17H23N3S/c1-12-7-10-21-17(12)16(13(2)18)20-9-4-6-15(20)14-5-3-8-19-11-14/h3,5,7-8,10-11,13,15-16H,4,6,9,18H2,1-2H3. The smallest absolute Gasteiger partial charge is 0.0598 e. The average Bonchev–Trinajstić information content (AvgIpc) is 3.10. The Kier molecular flexibility index (Phi) is 4.38. The van der Waals surface area contributed by atoms with Gasteiger partial charge in [-0.2, -0.15) is 0 Å². The summed E-state index contributed by atoms with van der Waals surface area (Å²) in [5.41, 5.74) is 9.04. The van der Waals surface area contributed by atoms with Gasteiger partial charge in [0.25, 0.3) is 0 Å². The summed E-state index contributed by atoms with van der Waals surface area (Å²) >= 11 is 1.83. The average molecular weight is 301 g/mol. The number of rotatable bonds is 4. The molecule has 21 heavy (non-hydrogen) atoms. The molecule has 1 aliphatic heterocycles. The predicted octanol–water partition coefficient (Wildman–Crippen LogP) is 3.68. The van der Waals surface area contributed by atoms with Gasteiger partial charge in [0.15, 0.2) is 0 Å². The molecule has 3 heterocycles. The molecule has 3 atom stereocenters. The fraction of sp³-hybridized carbons (Fsp3) is 0.471. The highest BCUT2D eigenvalue weighted by Crippen LogP contribution is 2.41. The van der Waals surface area contributed by atoms with Crippen LogP contribution in [0.5, 0.6) is 0 Å². The lowest BCUT2D eigenvalue weighted by Gasteiger charge is -2.35. The number of hydrogen-bond acceptors (Lipinski definition) is 4. The van der Waals surface area contributed by atoms with Gasteiger partial charge >= 0.3 is 0 Å². The summed E-state index contributed by atoms with van der Waals surface area (Å²) < 4.78 is 0. The van der Waals surface area contributed by atoms with Crippen LogP contribution in [0.2, 0.25) is 0 Å². The van der Waals surface area contributed by atoms with E-state index in [2.05, 4.69) is 41.2 Å². The van der Waals surface area contributed by atoms with Crippen LogP contribution >= 0.6 is 11.3 Å². The summed E-state index contributed by atoms with van der Waals surface area (Å²) in [7, 11) is 0. The summed E-state index contributed by atoms with van der Waals surface area (Å²) in [6, 6.07) is 7.29. The molecule has 0 radical (unpaired) electrons. The Balaban J connectivity index is 1.94. The van der Waals surface area contributed by atoms with Gasteiger partial charge in [0.1, 0.15) is 0 Å². The molecule has 0 spiro atoms. The van der Waals surface area contributed by atoms with E-state index in [-0.39, 0.29) is 6.04 Å². The second-order valence-electron chi connectivity index (χ2n) is 5.95. The number of hydrogen-bond donors (Lipinski definition) is 1. The Morgan fingerprint density at radius 2 is 2.29 bits per heavy atom. The van der Waals surface area contributed by atoms with Crippen molar-refractivity contribution in [3.8, 4) is 0 Å². The summed E-state index contributed by atoms with van der Waals surface area (Å²) in [5, 5.41) is 2.18. The Labute approximate surface area is 130 Å². The van der Waals surface area contributed by atoms with Crippen LogP contribution in [0.3, 0.4) is 0 Å². The van der Waals surface area contributed by atoms with Crippen molar-refractivity contribution >= 4 is 11.3 Å². The van der Waals surface area contributed by atoms with E-state index in [9.17, 15) is 0 Å². The van der Waals surface area contributed by atoms with Crippen LogP contribution < -0.4 is 5.73 Å². The molecule has 0 aromatic carbocycles. The molecular weight excluding hydrogens is 278 g/mol. The predicted molar refractivity (Wildman–Crippen MR) is 88.4 cm³/mol. The maximum Gasteiger partial charge on any atom is 0.0598 e. The molecule has 2 aromatic heterocycles. The molecule has 3 unspecified atom stereocenters. The van der Waals surface area contributed by atoms with Gasteiger partial charge in [0.05, 0.1) is 6.04 Å². The van der Waals surface area contributed by atoms with Crippen LogP contribution in [0.15, 0.2) is 36.0 Å². The molecule has 1 aliphatic rings. The quantitative estimate of drug-likeness (QED) is 0.936. The van der Waals surface area contributed by atoms with Crippen molar-refractivity contribution in [1.82, 2.24) is 9.88 Å². The minimum Gasteiger partial charge on any atom is -0.326 e. The van der Waals surface area contributed by atoms with Crippen LogP contribution in [-0.2, 0) is 0 Å². The van der Waals surface area contributed by atoms with Gasteiger partial charge in [-0.3, -0.25) is 9.88 Å². The van der Waals surface area contributed by atoms with Crippen molar-refractivity contribution in [2.75, 3.05) is 6.54 Å². The van der Waals surface area contributed by atoms with Crippen LogP contribution in [-0.4, -0.2) is 22.5 Å². The third kappa shape index (κ3) is 2.89. The molecule has 4 heteroatoms. The zero-order chi connectivity index (χ0) is 14.8. The lowest BCUT2D eigenvalue weighted by molar-refractivity contribution is 0.163. The maximum atomic E-state index is 6.37. The highest BCUT2D eigenvalue weighted by molar-refractivity contribution is 7.10. The van der Waals surface area contributed by atoms with E-state index in [1.54, 1.807) is 0 Å². The summed E-state index contributed by atoms with van der Waals surface area (Å²) in [6.07, 6.45) is 6.27. The highest BCUT2D eigenvalue weighted by atomic mass is 32.1. The summed E-state index contributed by atoms with van der Waals surface area (Å²) in [6.45, 7) is 5.43. The third-order valence-corrected chi connectivity index (χ3v) is 5.48. The largest absolute Gasteiger partial charge is 0.326 e. The van der Waals surface area contributed by atoms with Crippen LogP contribution in [0.4, 0.5) is 0 Å². The molecule has 2 aromatic rings. The molecule has 3 nitrogen and oxygen atoms in total. The second kappa shape index (κ2) is 6.26. The SMILES string of the molecule is Cc1ccsc1C(C(C)N)N1CCCC1c1cccnc1. The van der Waals surface area contributed by atoms with E-state index in [4.69, 9.17) is 5.73 Å². The van der Waals surface area contributed by atoms with E-state index in [0.717, 1.165) is 6.54 Å². The number of pyridine rings is 1. The number of nitrogens with two attached hydrogens (primary N) is 1. The Bertz CT molecular complexity index is 579. The second-order valence-corrected chi connectivity index (χ2v) is 6.90. The van der Waals surface area contributed by atoms with Gasteiger partial charge < -0.3 is 5.73 Å². The first kappa shape index (κ1) is 14.7. The Morgan fingerprint density at radius 3 is 2.90 bits per heavy atom. The molecular formula is C17H23N3S. The molecule has 112 valence electrons. The monoisotopic (exact) mass is 301 g/mol. The number of thiophene rings is 1. The van der Waals surface area contributed by atoms with E-state index >= 15 is 0 Å². The Hall–Kier alpha value is -1.23. The van der Waals surface area contributed by atoms with Crippen molar-refractivity contribution in [3.63, 3.8) is 0 Å². The fourth-order valence-electron chi connectivity index (χ4n) is 3.43. The van der Waals surface area contributed by atoms with Gasteiger partial charge in [-0.05, 0) is 61.9 Å². The van der Waals surface area contributed by atoms with Crippen molar-refractivity contribution in [2.45, 2.75) is 44.8 Å². The van der Waals surface area contributed by atoms with Gasteiger partial charge in [-0.25, -0.2) is 0 Å². The van der Waals surface area contributed by atoms with Gasteiger partial charge in [-0.1, -0.05) is 6.07 Å². The summed E-state index contributed by atoms with van der Waals surface area (Å²) in [5.74, 6) is 0. The van der Waals surface area contributed by atoms with Gasteiger partial charge in [0.2, 0.25) is 0 Å². The third-order valence-electron chi connectivity index (χ3n) is 4.39. The molecule has 2 N–H and O–H groups in total. The van der Waals surface area contributed by atoms with Crippen molar-refractivity contribution < 1.29 is 0 Å². The fourth-order valence-corrected chi connectivity index (χ4v) is 4.59. The molecule has 1 fully saturated rings. The zero-order valence-corrected chi connectivity index (χ0v) is 13.5. The molecule has 0 saturated carbocycles. The molecule has 0 bridgehead atoms. The van der Waals surface area contributed by atoms with Crippen molar-refractivity contribution in [1.29, 1.82) is 0 Å². The lowest BCUT2D eigenvalue weighted by Crippen LogP contribution is -2.39. The molecule has 0 amide bonds. The zero-order valence-electron chi connectivity index (χ0n) is 12.7. The van der Waals surface area contributed by atoms with Crippen LogP contribution in [0.1, 0.15) is 47.9 Å². The van der Waals surface area contributed by atoms with Crippen molar-refractivity contribution in [2.24, 2.45) is 5.73 Å². The minimum absolute atomic E-state index is 0.125. The highest BCUT2D eigenvalue weighted by Gasteiger charge is 2.35. The topological polar surface area (TPSA) is 42.1 Å². The first-order valence-corrected chi connectivity index (χ1v) is 8.51. The van der Waals surface area contributed by atoms with Crippen LogP contribution in [0, 0.1) is 6.92 Å². The summed E-state index contributed by atoms with van der Waals surface area (Å²) in [4.78, 5) is 8.29. The number of aromatic nitrogens is 1. The van der Waals surface area contributed by atoms with Crippen molar-refractivity contribution in [3.05, 3.63) is 52.0 Å². The number of nitrogens with zero attached hydrogens (tertiary/aromatic N) is 2. The normalized spacial score (nSPS) is 22.3. The lowest BCUT2D eigenvalue weighted by atomic mass is 10.0. The maximum absolute atomic E-state index is 6.37. The van der Waals surface area contributed by atoms with Gasteiger partial charge in [-0.15, -0.1) is 11.3 Å². The minimum atomic E-state index is 0.125. The van der Waals surface area contributed by atoms with E-state index in [0.29, 0.717) is 12.1 Å². The van der Waals surface area contributed by atoms with Crippen LogP contribution in [0.25, 0.3) is 0 Å². The molecule has 0 aliphatic carbocycles. The van der Waals surface area contributed by atoms with E-state index in [1.807, 2.05) is 29.8 Å². The van der Waals surface area contributed by atoms with Gasteiger partial charge in [0, 0.05) is 29.4 Å². The first-order chi connectivity index (χ1) is 10.2. The van der Waals surface area contributed by atoms with E-state index < -0.39 is 0 Å². The number of aryl methyl sites for hydroxylation is 1. The first-order valence-electron chi connectivity index (χ1n) is 7.63. The Morgan fingerprint density at radius 1 is 1.43 bits per heavy atom.